The molecule has 3 aromatic rings. The molecule has 0 amide bonds. The molecule has 1 aliphatic carbocycles. The summed E-state index contributed by atoms with van der Waals surface area (Å²) in [6.07, 6.45) is 6.78. The normalized spacial score (nSPS) is 21.3. The zero-order valence-corrected chi connectivity index (χ0v) is 13.7. The van der Waals surface area contributed by atoms with Crippen LogP contribution in [0.3, 0.4) is 0 Å². The van der Waals surface area contributed by atoms with Crippen molar-refractivity contribution in [1.82, 2.24) is 20.2 Å². The molecule has 2 aliphatic rings. The Hall–Kier alpha value is -2.43. The monoisotopic (exact) mass is 319 g/mol. The van der Waals surface area contributed by atoms with Gasteiger partial charge in [0.15, 0.2) is 5.82 Å². The van der Waals surface area contributed by atoms with Crippen LogP contribution in [0.1, 0.15) is 49.2 Å². The van der Waals surface area contributed by atoms with E-state index in [1.165, 1.54) is 36.8 Å². The quantitative estimate of drug-likeness (QED) is 0.801. The van der Waals surface area contributed by atoms with Crippen LogP contribution in [0.2, 0.25) is 0 Å². The zero-order chi connectivity index (χ0) is 15.9. The molecule has 3 heterocycles. The molecule has 1 saturated heterocycles. The van der Waals surface area contributed by atoms with Crippen molar-refractivity contribution in [3.63, 3.8) is 0 Å². The highest BCUT2D eigenvalue weighted by Gasteiger charge is 2.30. The number of piperidine rings is 1. The summed E-state index contributed by atoms with van der Waals surface area (Å²) in [4.78, 5) is 11.7. The van der Waals surface area contributed by atoms with Crippen molar-refractivity contribution in [3.05, 3.63) is 48.2 Å². The lowest BCUT2D eigenvalue weighted by atomic mass is 9.96. The minimum Gasteiger partial charge on any atom is -0.370 e. The lowest BCUT2D eigenvalue weighted by molar-refractivity contribution is 0.493. The minimum atomic E-state index is 0.412. The van der Waals surface area contributed by atoms with Gasteiger partial charge >= 0.3 is 0 Å². The summed E-state index contributed by atoms with van der Waals surface area (Å²) in [7, 11) is 0. The predicted octanol–water partition coefficient (Wildman–Crippen LogP) is 3.61. The standard InChI is InChI=1S/C19H21N5/c1-2-6-16-15(5-1)17(9-10-20-16)24-11-3-4-14(12-24)19-21-18(22-23-19)13-7-8-13/h1-2,5-6,9-10,13-14H,3-4,7-8,11-12H2,(H,21,22,23). The molecule has 5 nitrogen and oxygen atoms in total. The van der Waals surface area contributed by atoms with E-state index in [0.717, 1.165) is 30.3 Å². The van der Waals surface area contributed by atoms with Gasteiger partial charge in [0.2, 0.25) is 0 Å². The Bertz CT molecular complexity index is 862. The lowest BCUT2D eigenvalue weighted by Crippen LogP contribution is -2.34. The highest BCUT2D eigenvalue weighted by molar-refractivity contribution is 5.91. The molecule has 0 spiro atoms. The van der Waals surface area contributed by atoms with Crippen LogP contribution >= 0.6 is 0 Å². The van der Waals surface area contributed by atoms with Crippen LogP contribution in [0.4, 0.5) is 5.69 Å². The summed E-state index contributed by atoms with van der Waals surface area (Å²) in [6, 6.07) is 10.5. The number of hydrogen-bond acceptors (Lipinski definition) is 4. The van der Waals surface area contributed by atoms with E-state index >= 15 is 0 Å². The highest BCUT2D eigenvalue weighted by atomic mass is 15.2. The smallest absolute Gasteiger partial charge is 0.155 e. The van der Waals surface area contributed by atoms with E-state index in [2.05, 4.69) is 44.3 Å². The number of fused-ring (bicyclic) bond motifs is 1. The molecule has 1 N–H and O–H groups in total. The molecule has 1 saturated carbocycles. The van der Waals surface area contributed by atoms with Gasteiger partial charge in [0.05, 0.1) is 5.52 Å². The number of rotatable bonds is 3. The third-order valence-electron chi connectivity index (χ3n) is 5.24. The first kappa shape index (κ1) is 14.0. The maximum absolute atomic E-state index is 4.78. The molecule has 5 heteroatoms. The molecular formula is C19H21N5. The Kier molecular flexibility index (Phi) is 3.25. The van der Waals surface area contributed by atoms with Crippen LogP contribution in [0.15, 0.2) is 36.5 Å². The van der Waals surface area contributed by atoms with E-state index in [4.69, 9.17) is 4.98 Å². The Balaban J connectivity index is 1.43. The van der Waals surface area contributed by atoms with E-state index in [-0.39, 0.29) is 0 Å². The van der Waals surface area contributed by atoms with Gasteiger partial charge in [-0.15, -0.1) is 0 Å². The second kappa shape index (κ2) is 5.58. The molecule has 0 radical (unpaired) electrons. The maximum Gasteiger partial charge on any atom is 0.155 e. The highest BCUT2D eigenvalue weighted by Crippen LogP contribution is 2.39. The van der Waals surface area contributed by atoms with Gasteiger partial charge in [0.25, 0.3) is 0 Å². The molecule has 0 bridgehead atoms. The first-order valence-corrected chi connectivity index (χ1v) is 8.89. The van der Waals surface area contributed by atoms with Crippen molar-refractivity contribution in [2.45, 2.75) is 37.5 Å². The Morgan fingerprint density at radius 3 is 2.88 bits per heavy atom. The van der Waals surface area contributed by atoms with Crippen molar-refractivity contribution < 1.29 is 0 Å². The van der Waals surface area contributed by atoms with Gasteiger partial charge in [-0.25, -0.2) is 4.98 Å². The summed E-state index contributed by atoms with van der Waals surface area (Å²) in [5.41, 5.74) is 2.34. The number of anilines is 1. The fraction of sp³-hybridized carbons (Fsp3) is 0.421. The first-order chi connectivity index (χ1) is 11.9. The zero-order valence-electron chi connectivity index (χ0n) is 13.7. The Morgan fingerprint density at radius 2 is 1.96 bits per heavy atom. The van der Waals surface area contributed by atoms with Gasteiger partial charge in [-0.05, 0) is 37.8 Å². The van der Waals surface area contributed by atoms with Crippen LogP contribution in [-0.4, -0.2) is 33.3 Å². The third kappa shape index (κ3) is 2.44. The molecule has 2 fully saturated rings. The van der Waals surface area contributed by atoms with Crippen LogP contribution in [0.5, 0.6) is 0 Å². The molecule has 1 atom stereocenters. The van der Waals surface area contributed by atoms with Gasteiger partial charge in [0.1, 0.15) is 5.82 Å². The second-order valence-corrected chi connectivity index (χ2v) is 6.99. The van der Waals surface area contributed by atoms with Crippen molar-refractivity contribution >= 4 is 16.6 Å². The minimum absolute atomic E-state index is 0.412. The van der Waals surface area contributed by atoms with Crippen LogP contribution in [-0.2, 0) is 0 Å². The van der Waals surface area contributed by atoms with Gasteiger partial charge in [-0.3, -0.25) is 10.1 Å². The summed E-state index contributed by atoms with van der Waals surface area (Å²) < 4.78 is 0. The van der Waals surface area contributed by atoms with E-state index in [0.29, 0.717) is 11.8 Å². The van der Waals surface area contributed by atoms with Gasteiger partial charge < -0.3 is 4.90 Å². The summed E-state index contributed by atoms with van der Waals surface area (Å²) in [5.74, 6) is 3.14. The van der Waals surface area contributed by atoms with E-state index < -0.39 is 0 Å². The number of aromatic amines is 1. The average molecular weight is 319 g/mol. The number of benzene rings is 1. The fourth-order valence-corrected chi connectivity index (χ4v) is 3.77. The van der Waals surface area contributed by atoms with Crippen molar-refractivity contribution in [1.29, 1.82) is 0 Å². The van der Waals surface area contributed by atoms with Crippen LogP contribution < -0.4 is 4.90 Å². The van der Waals surface area contributed by atoms with E-state index in [1.54, 1.807) is 0 Å². The second-order valence-electron chi connectivity index (χ2n) is 6.99. The Morgan fingerprint density at radius 1 is 1.04 bits per heavy atom. The number of H-pyrrole nitrogens is 1. The Labute approximate surface area is 141 Å². The van der Waals surface area contributed by atoms with Gasteiger partial charge in [-0.2, -0.15) is 5.10 Å². The van der Waals surface area contributed by atoms with Crippen molar-refractivity contribution in [2.75, 3.05) is 18.0 Å². The molecule has 1 aromatic carbocycles. The fourth-order valence-electron chi connectivity index (χ4n) is 3.77. The molecule has 24 heavy (non-hydrogen) atoms. The molecule has 1 aliphatic heterocycles. The molecule has 2 aromatic heterocycles. The number of nitrogens with zero attached hydrogens (tertiary/aromatic N) is 4. The summed E-state index contributed by atoms with van der Waals surface area (Å²) in [6.45, 7) is 2.07. The molecular weight excluding hydrogens is 298 g/mol. The van der Waals surface area contributed by atoms with Gasteiger partial charge in [0, 0.05) is 42.2 Å². The molecule has 5 rings (SSSR count). The topological polar surface area (TPSA) is 57.7 Å². The number of para-hydroxylation sites is 1. The van der Waals surface area contributed by atoms with Crippen LogP contribution in [0.25, 0.3) is 10.9 Å². The lowest BCUT2D eigenvalue weighted by Gasteiger charge is -2.33. The van der Waals surface area contributed by atoms with E-state index in [9.17, 15) is 0 Å². The molecule has 122 valence electrons. The average Bonchev–Trinajstić information content (AvgIpc) is 3.38. The number of nitrogens with one attached hydrogen (secondary N) is 1. The molecule has 1 unspecified atom stereocenters. The van der Waals surface area contributed by atoms with Crippen LogP contribution in [0, 0.1) is 0 Å². The van der Waals surface area contributed by atoms with Crippen molar-refractivity contribution in [3.8, 4) is 0 Å². The predicted molar refractivity (Wildman–Crippen MR) is 94.3 cm³/mol. The summed E-state index contributed by atoms with van der Waals surface area (Å²) in [5, 5.41) is 8.91. The number of pyridine rings is 1. The SMILES string of the molecule is c1ccc2c(N3CCCC(c4n[nH]c(C5CC5)n4)C3)ccnc2c1. The number of aromatic nitrogens is 4. The third-order valence-corrected chi connectivity index (χ3v) is 5.24. The summed E-state index contributed by atoms with van der Waals surface area (Å²) >= 11 is 0. The van der Waals surface area contributed by atoms with Crippen molar-refractivity contribution in [2.24, 2.45) is 0 Å². The number of hydrogen-bond donors (Lipinski definition) is 1. The maximum atomic E-state index is 4.78. The largest absolute Gasteiger partial charge is 0.370 e. The van der Waals surface area contributed by atoms with Gasteiger partial charge in [-0.1, -0.05) is 18.2 Å². The van der Waals surface area contributed by atoms with E-state index in [1.807, 2.05) is 12.3 Å². The first-order valence-electron chi connectivity index (χ1n) is 8.89.